The van der Waals surface area contributed by atoms with Gasteiger partial charge < -0.3 is 15.4 Å². The van der Waals surface area contributed by atoms with Gasteiger partial charge >= 0.3 is 0 Å². The maximum absolute atomic E-state index is 12.0. The number of carbonyl (C=O) groups excluding carboxylic acids is 1. The summed E-state index contributed by atoms with van der Waals surface area (Å²) in [7, 11) is 1.65. The molecule has 0 aliphatic heterocycles. The van der Waals surface area contributed by atoms with Gasteiger partial charge in [-0.3, -0.25) is 9.78 Å². The topological polar surface area (TPSA) is 81.1 Å². The minimum atomic E-state index is -0.197. The molecule has 0 spiro atoms. The quantitative estimate of drug-likeness (QED) is 0.680. The second kappa shape index (κ2) is 8.13. The molecule has 2 N–H and O–H groups in total. The van der Waals surface area contributed by atoms with Gasteiger partial charge in [0, 0.05) is 45.3 Å². The molecule has 2 aromatic rings. The Labute approximate surface area is 123 Å². The molecule has 0 aliphatic rings. The van der Waals surface area contributed by atoms with Gasteiger partial charge in [0.05, 0.1) is 12.3 Å². The molecule has 0 saturated carbocycles. The minimum Gasteiger partial charge on any atom is -0.383 e. The Hall–Kier alpha value is -2.25. The second-order valence-electron chi connectivity index (χ2n) is 4.35. The van der Waals surface area contributed by atoms with Crippen LogP contribution in [0.15, 0.2) is 36.8 Å². The largest absolute Gasteiger partial charge is 0.383 e. The van der Waals surface area contributed by atoms with Crippen LogP contribution in [0.4, 0.5) is 0 Å². The van der Waals surface area contributed by atoms with E-state index in [0.717, 1.165) is 12.2 Å². The first kappa shape index (κ1) is 15.1. The number of aromatic nitrogens is 3. The van der Waals surface area contributed by atoms with Gasteiger partial charge in [-0.25, -0.2) is 4.68 Å². The average Bonchev–Trinajstić information content (AvgIpc) is 3.05. The summed E-state index contributed by atoms with van der Waals surface area (Å²) in [6.07, 6.45) is 5.10. The number of rotatable bonds is 8. The molecular weight excluding hydrogens is 270 g/mol. The molecule has 7 nitrogen and oxygen atoms in total. The first-order chi connectivity index (χ1) is 10.3. The van der Waals surface area contributed by atoms with Crippen molar-refractivity contribution in [3.05, 3.63) is 42.5 Å². The molecule has 1 amide bonds. The number of pyridine rings is 1. The van der Waals surface area contributed by atoms with E-state index in [4.69, 9.17) is 4.74 Å². The van der Waals surface area contributed by atoms with Crippen LogP contribution in [-0.4, -0.2) is 54.0 Å². The summed E-state index contributed by atoms with van der Waals surface area (Å²) in [5.41, 5.74) is 1.18. The highest BCUT2D eigenvalue weighted by atomic mass is 16.5. The summed E-state index contributed by atoms with van der Waals surface area (Å²) >= 11 is 0. The van der Waals surface area contributed by atoms with Crippen molar-refractivity contribution in [2.24, 2.45) is 0 Å². The van der Waals surface area contributed by atoms with E-state index in [-0.39, 0.29) is 5.91 Å². The fraction of sp³-hybridized carbons (Fsp3) is 0.357. The molecule has 0 bridgehead atoms. The van der Waals surface area contributed by atoms with E-state index in [1.54, 1.807) is 36.3 Å². The van der Waals surface area contributed by atoms with Gasteiger partial charge in [0.2, 0.25) is 0 Å². The van der Waals surface area contributed by atoms with Crippen molar-refractivity contribution < 1.29 is 9.53 Å². The van der Waals surface area contributed by atoms with E-state index < -0.39 is 0 Å². The van der Waals surface area contributed by atoms with E-state index in [0.29, 0.717) is 25.4 Å². The van der Waals surface area contributed by atoms with Crippen LogP contribution in [0.5, 0.6) is 0 Å². The van der Waals surface area contributed by atoms with Crippen molar-refractivity contribution in [3.8, 4) is 5.69 Å². The molecule has 112 valence electrons. The molecule has 2 heterocycles. The van der Waals surface area contributed by atoms with Crippen molar-refractivity contribution in [1.82, 2.24) is 25.4 Å². The lowest BCUT2D eigenvalue weighted by Gasteiger charge is -2.07. The predicted octanol–water partition coefficient (Wildman–Crippen LogP) is 0.233. The Morgan fingerprint density at radius 2 is 2.24 bits per heavy atom. The first-order valence-corrected chi connectivity index (χ1v) is 6.75. The third kappa shape index (κ3) is 4.66. The summed E-state index contributed by atoms with van der Waals surface area (Å²) in [5, 5.41) is 10.1. The van der Waals surface area contributed by atoms with Gasteiger partial charge in [0.1, 0.15) is 5.69 Å². The summed E-state index contributed by atoms with van der Waals surface area (Å²) in [4.78, 5) is 16.1. The van der Waals surface area contributed by atoms with E-state index in [1.807, 2.05) is 12.3 Å². The summed E-state index contributed by atoms with van der Waals surface area (Å²) in [5.74, 6) is -0.197. The molecule has 0 aliphatic carbocycles. The number of amides is 1. The van der Waals surface area contributed by atoms with Crippen molar-refractivity contribution >= 4 is 5.91 Å². The fourth-order valence-corrected chi connectivity index (χ4v) is 1.76. The monoisotopic (exact) mass is 289 g/mol. The van der Waals surface area contributed by atoms with Crippen molar-refractivity contribution in [2.45, 2.75) is 0 Å². The van der Waals surface area contributed by atoms with Crippen molar-refractivity contribution in [3.63, 3.8) is 0 Å². The highest BCUT2D eigenvalue weighted by Gasteiger charge is 2.08. The van der Waals surface area contributed by atoms with Gasteiger partial charge in [0.15, 0.2) is 0 Å². The highest BCUT2D eigenvalue weighted by Crippen LogP contribution is 2.06. The Kier molecular flexibility index (Phi) is 5.86. The third-order valence-corrected chi connectivity index (χ3v) is 2.82. The standard InChI is InChI=1S/C14H19N5O2/c1-21-10-8-15-6-7-17-14(20)13-11-12(3-5-16-13)19-9-2-4-18-19/h2-5,9,11,15H,6-8,10H2,1H3,(H,17,20). The Morgan fingerprint density at radius 1 is 1.33 bits per heavy atom. The molecule has 2 rings (SSSR count). The molecule has 0 radical (unpaired) electrons. The lowest BCUT2D eigenvalue weighted by atomic mass is 10.3. The van der Waals surface area contributed by atoms with Crippen LogP contribution in [0.25, 0.3) is 5.69 Å². The molecular formula is C14H19N5O2. The van der Waals surface area contributed by atoms with Gasteiger partial charge in [-0.05, 0) is 18.2 Å². The molecule has 7 heteroatoms. The lowest BCUT2D eigenvalue weighted by Crippen LogP contribution is -2.33. The maximum Gasteiger partial charge on any atom is 0.269 e. The van der Waals surface area contributed by atoms with Crippen LogP contribution in [0.3, 0.4) is 0 Å². The maximum atomic E-state index is 12.0. The van der Waals surface area contributed by atoms with Crippen LogP contribution in [0.1, 0.15) is 10.5 Å². The second-order valence-corrected chi connectivity index (χ2v) is 4.35. The zero-order valence-corrected chi connectivity index (χ0v) is 12.0. The average molecular weight is 289 g/mol. The number of carbonyl (C=O) groups is 1. The van der Waals surface area contributed by atoms with Crippen LogP contribution >= 0.6 is 0 Å². The number of nitrogens with zero attached hydrogens (tertiary/aromatic N) is 3. The van der Waals surface area contributed by atoms with Crippen molar-refractivity contribution in [1.29, 1.82) is 0 Å². The van der Waals surface area contributed by atoms with E-state index >= 15 is 0 Å². The predicted molar refractivity (Wildman–Crippen MR) is 78.4 cm³/mol. The number of methoxy groups -OCH3 is 1. The minimum absolute atomic E-state index is 0.197. The van der Waals surface area contributed by atoms with Crippen molar-refractivity contribution in [2.75, 3.05) is 33.4 Å². The summed E-state index contributed by atoms with van der Waals surface area (Å²) < 4.78 is 6.60. The number of hydrogen-bond donors (Lipinski definition) is 2. The molecule has 0 saturated heterocycles. The van der Waals surface area contributed by atoms with Crippen LogP contribution in [0, 0.1) is 0 Å². The zero-order valence-electron chi connectivity index (χ0n) is 12.0. The van der Waals surface area contributed by atoms with E-state index in [1.165, 1.54) is 0 Å². The van der Waals surface area contributed by atoms with Crippen LogP contribution < -0.4 is 10.6 Å². The fourth-order valence-electron chi connectivity index (χ4n) is 1.76. The van der Waals surface area contributed by atoms with Crippen LogP contribution in [0.2, 0.25) is 0 Å². The number of nitrogens with one attached hydrogen (secondary N) is 2. The van der Waals surface area contributed by atoms with Gasteiger partial charge in [-0.15, -0.1) is 0 Å². The molecule has 0 atom stereocenters. The van der Waals surface area contributed by atoms with E-state index in [9.17, 15) is 4.79 Å². The third-order valence-electron chi connectivity index (χ3n) is 2.82. The summed E-state index contributed by atoms with van der Waals surface area (Å²) in [6.45, 7) is 2.64. The van der Waals surface area contributed by atoms with Gasteiger partial charge in [-0.1, -0.05) is 0 Å². The number of hydrogen-bond acceptors (Lipinski definition) is 5. The SMILES string of the molecule is COCCNCCNC(=O)c1cc(-n2cccn2)ccn1. The zero-order chi connectivity index (χ0) is 14.9. The molecule has 0 unspecified atom stereocenters. The lowest BCUT2D eigenvalue weighted by molar-refractivity contribution is 0.0948. The summed E-state index contributed by atoms with van der Waals surface area (Å²) in [6, 6.07) is 5.34. The Balaban J connectivity index is 1.84. The van der Waals surface area contributed by atoms with E-state index in [2.05, 4.69) is 20.7 Å². The Morgan fingerprint density at radius 3 is 3.00 bits per heavy atom. The number of ether oxygens (including phenoxy) is 1. The van der Waals surface area contributed by atoms with Gasteiger partial charge in [-0.2, -0.15) is 5.10 Å². The van der Waals surface area contributed by atoms with Gasteiger partial charge in [0.25, 0.3) is 5.91 Å². The van der Waals surface area contributed by atoms with Crippen LogP contribution in [-0.2, 0) is 4.74 Å². The first-order valence-electron chi connectivity index (χ1n) is 6.75. The molecule has 21 heavy (non-hydrogen) atoms. The molecule has 0 aromatic carbocycles. The normalized spacial score (nSPS) is 10.5. The molecule has 2 aromatic heterocycles. The smallest absolute Gasteiger partial charge is 0.269 e. The molecule has 0 fully saturated rings. The highest BCUT2D eigenvalue weighted by molar-refractivity contribution is 5.92. The Bertz CT molecular complexity index is 556.